The molecule has 1 N–H and O–H groups in total. The van der Waals surface area contributed by atoms with Gasteiger partial charge in [-0.2, -0.15) is 0 Å². The number of nitrogens with one attached hydrogen (secondary N) is 1. The van der Waals surface area contributed by atoms with Gasteiger partial charge >= 0.3 is 6.03 Å². The molecule has 2 aromatic rings. The molecule has 122 valence electrons. The number of rotatable bonds is 3. The number of aromatic nitrogens is 1. The van der Waals surface area contributed by atoms with Gasteiger partial charge in [0.25, 0.3) is 0 Å². The molecule has 0 radical (unpaired) electrons. The molecule has 2 fully saturated rings. The lowest BCUT2D eigenvalue weighted by Crippen LogP contribution is -2.33. The number of carbonyl (C=O) groups is 2. The second-order valence-electron chi connectivity index (χ2n) is 6.27. The zero-order valence-corrected chi connectivity index (χ0v) is 13.1. The van der Waals surface area contributed by atoms with Crippen molar-refractivity contribution >= 4 is 11.9 Å². The molecule has 5 nitrogen and oxygen atoms in total. The van der Waals surface area contributed by atoms with Crippen molar-refractivity contribution in [3.63, 3.8) is 0 Å². The Morgan fingerprint density at radius 2 is 2.08 bits per heavy atom. The molecule has 1 aliphatic heterocycles. The van der Waals surface area contributed by atoms with Crippen molar-refractivity contribution in [2.75, 3.05) is 6.54 Å². The van der Waals surface area contributed by atoms with E-state index in [4.69, 9.17) is 0 Å². The third-order valence-corrected chi connectivity index (χ3v) is 4.65. The summed E-state index contributed by atoms with van der Waals surface area (Å²) in [4.78, 5) is 29.1. The number of hydrogen-bond donors (Lipinski definition) is 1. The van der Waals surface area contributed by atoms with E-state index >= 15 is 0 Å². The van der Waals surface area contributed by atoms with Gasteiger partial charge in [0.2, 0.25) is 5.91 Å². The first-order valence-electron chi connectivity index (χ1n) is 7.87. The molecule has 1 saturated heterocycles. The number of imide groups is 1. The van der Waals surface area contributed by atoms with E-state index in [1.54, 1.807) is 19.2 Å². The molecular weight excluding hydrogens is 309 g/mol. The minimum atomic E-state index is -0.313. The smallest absolute Gasteiger partial charge is 0.324 e. The predicted molar refractivity (Wildman–Crippen MR) is 85.8 cm³/mol. The lowest BCUT2D eigenvalue weighted by molar-refractivity contribution is -0.125. The first kappa shape index (κ1) is 14.8. The van der Waals surface area contributed by atoms with Crippen LogP contribution in [0.1, 0.15) is 23.5 Å². The van der Waals surface area contributed by atoms with Gasteiger partial charge < -0.3 is 5.32 Å². The second kappa shape index (κ2) is 5.40. The SMILES string of the molecule is Cc1ccc(-c2ccc([C@@H]3C[C@H]3N3C(=O)CNC3=O)cn2)cc1F. The van der Waals surface area contributed by atoms with E-state index in [1.807, 2.05) is 18.2 Å². The molecule has 2 heterocycles. The quantitative estimate of drug-likeness (QED) is 0.882. The van der Waals surface area contributed by atoms with Crippen LogP contribution in [0, 0.1) is 12.7 Å². The van der Waals surface area contributed by atoms with Crippen LogP contribution in [0.15, 0.2) is 36.5 Å². The van der Waals surface area contributed by atoms with Crippen LogP contribution in [0.25, 0.3) is 11.3 Å². The van der Waals surface area contributed by atoms with Crippen molar-refractivity contribution in [3.05, 3.63) is 53.5 Å². The number of halogens is 1. The Kier molecular flexibility index (Phi) is 3.33. The summed E-state index contributed by atoms with van der Waals surface area (Å²) in [5.74, 6) is -0.291. The van der Waals surface area contributed by atoms with Gasteiger partial charge in [-0.05, 0) is 36.6 Å². The molecular formula is C18H16FN3O2. The third kappa shape index (κ3) is 2.44. The summed E-state index contributed by atoms with van der Waals surface area (Å²) < 4.78 is 13.7. The highest BCUT2D eigenvalue weighted by molar-refractivity contribution is 6.02. The van der Waals surface area contributed by atoms with E-state index in [1.165, 1.54) is 11.0 Å². The number of nitrogens with zero attached hydrogens (tertiary/aromatic N) is 2. The van der Waals surface area contributed by atoms with Crippen LogP contribution in [0.3, 0.4) is 0 Å². The van der Waals surface area contributed by atoms with E-state index in [9.17, 15) is 14.0 Å². The van der Waals surface area contributed by atoms with Gasteiger partial charge in [-0.25, -0.2) is 9.18 Å². The van der Waals surface area contributed by atoms with Crippen molar-refractivity contribution in [3.8, 4) is 11.3 Å². The Hall–Kier alpha value is -2.76. The molecule has 2 aliphatic rings. The van der Waals surface area contributed by atoms with Crippen molar-refractivity contribution in [2.24, 2.45) is 0 Å². The zero-order chi connectivity index (χ0) is 16.8. The van der Waals surface area contributed by atoms with E-state index < -0.39 is 0 Å². The standard InChI is InChI=1S/C18H16FN3O2/c1-10-2-3-11(6-14(10)19)15-5-4-12(8-20-15)13-7-16(13)22-17(23)9-21-18(22)24/h2-6,8,13,16H,7,9H2,1H3,(H,21,24)/t13-,16+/m0/s1. The summed E-state index contributed by atoms with van der Waals surface area (Å²) in [7, 11) is 0. The number of benzene rings is 1. The molecule has 0 spiro atoms. The maximum absolute atomic E-state index is 13.7. The van der Waals surface area contributed by atoms with Gasteiger partial charge in [0.15, 0.2) is 0 Å². The zero-order valence-electron chi connectivity index (χ0n) is 13.1. The van der Waals surface area contributed by atoms with Gasteiger partial charge in [0.05, 0.1) is 12.2 Å². The van der Waals surface area contributed by atoms with Crippen LogP contribution in [0.4, 0.5) is 9.18 Å². The Bertz CT molecular complexity index is 819. The fourth-order valence-electron chi connectivity index (χ4n) is 3.14. The van der Waals surface area contributed by atoms with Gasteiger partial charge in [-0.15, -0.1) is 0 Å². The Labute approximate surface area is 138 Å². The number of carbonyl (C=O) groups excluding carboxylic acids is 2. The summed E-state index contributed by atoms with van der Waals surface area (Å²) in [6, 6.07) is 8.44. The summed E-state index contributed by atoms with van der Waals surface area (Å²) in [6.45, 7) is 1.80. The fraction of sp³-hybridized carbons (Fsp3) is 0.278. The van der Waals surface area contributed by atoms with Crippen LogP contribution in [-0.4, -0.2) is 34.4 Å². The van der Waals surface area contributed by atoms with Crippen molar-refractivity contribution in [1.29, 1.82) is 0 Å². The first-order chi connectivity index (χ1) is 11.5. The van der Waals surface area contributed by atoms with Crippen LogP contribution in [0.2, 0.25) is 0 Å². The van der Waals surface area contributed by atoms with E-state index in [-0.39, 0.29) is 36.3 Å². The first-order valence-corrected chi connectivity index (χ1v) is 7.87. The van der Waals surface area contributed by atoms with Gasteiger partial charge in [0, 0.05) is 23.7 Å². The number of hydrogen-bond acceptors (Lipinski definition) is 3. The maximum atomic E-state index is 13.7. The predicted octanol–water partition coefficient (Wildman–Crippen LogP) is 2.60. The van der Waals surface area contributed by atoms with Crippen molar-refractivity contribution in [1.82, 2.24) is 15.2 Å². The lowest BCUT2D eigenvalue weighted by Gasteiger charge is -2.12. The normalized spacial score (nSPS) is 22.7. The van der Waals surface area contributed by atoms with Crippen LogP contribution in [-0.2, 0) is 4.79 Å². The molecule has 1 saturated carbocycles. The maximum Gasteiger partial charge on any atom is 0.324 e. The highest BCUT2D eigenvalue weighted by Gasteiger charge is 2.49. The van der Waals surface area contributed by atoms with Gasteiger partial charge in [-0.1, -0.05) is 18.2 Å². The summed E-state index contributed by atoms with van der Waals surface area (Å²) in [5, 5.41) is 2.54. The molecule has 2 atom stereocenters. The van der Waals surface area contributed by atoms with E-state index in [0.29, 0.717) is 11.3 Å². The van der Waals surface area contributed by atoms with Gasteiger partial charge in [0.1, 0.15) is 5.82 Å². The van der Waals surface area contributed by atoms with E-state index in [2.05, 4.69) is 10.3 Å². The molecule has 3 amide bonds. The summed E-state index contributed by atoms with van der Waals surface area (Å²) in [6.07, 6.45) is 2.51. The molecule has 1 aliphatic carbocycles. The lowest BCUT2D eigenvalue weighted by atomic mass is 10.1. The Morgan fingerprint density at radius 1 is 1.25 bits per heavy atom. The van der Waals surface area contributed by atoms with Crippen LogP contribution < -0.4 is 5.32 Å². The summed E-state index contributed by atoms with van der Waals surface area (Å²) >= 11 is 0. The average molecular weight is 325 g/mol. The molecule has 0 bridgehead atoms. The van der Waals surface area contributed by atoms with Crippen LogP contribution >= 0.6 is 0 Å². The molecule has 0 unspecified atom stereocenters. The van der Waals surface area contributed by atoms with Crippen molar-refractivity contribution in [2.45, 2.75) is 25.3 Å². The minimum absolute atomic E-state index is 0.0792. The Morgan fingerprint density at radius 3 is 2.71 bits per heavy atom. The molecule has 6 heteroatoms. The third-order valence-electron chi connectivity index (χ3n) is 4.65. The highest BCUT2D eigenvalue weighted by atomic mass is 19.1. The number of aryl methyl sites for hydroxylation is 1. The monoisotopic (exact) mass is 325 g/mol. The molecule has 4 rings (SSSR count). The minimum Gasteiger partial charge on any atom is -0.329 e. The van der Waals surface area contributed by atoms with Crippen molar-refractivity contribution < 1.29 is 14.0 Å². The second-order valence-corrected chi connectivity index (χ2v) is 6.27. The number of pyridine rings is 1. The largest absolute Gasteiger partial charge is 0.329 e. The highest BCUT2D eigenvalue weighted by Crippen LogP contribution is 2.45. The summed E-state index contributed by atoms with van der Waals surface area (Å²) in [5.41, 5.74) is 3.02. The number of urea groups is 1. The van der Waals surface area contributed by atoms with Gasteiger partial charge in [-0.3, -0.25) is 14.7 Å². The fourth-order valence-corrected chi connectivity index (χ4v) is 3.14. The average Bonchev–Trinajstić information content (AvgIpc) is 3.29. The molecule has 24 heavy (non-hydrogen) atoms. The van der Waals surface area contributed by atoms with Crippen LogP contribution in [0.5, 0.6) is 0 Å². The molecule has 1 aromatic heterocycles. The van der Waals surface area contributed by atoms with E-state index in [0.717, 1.165) is 17.5 Å². The number of amides is 3. The molecule has 1 aromatic carbocycles. The topological polar surface area (TPSA) is 62.3 Å². The Balaban J connectivity index is 1.52.